The van der Waals surface area contributed by atoms with Crippen molar-refractivity contribution in [2.45, 2.75) is 19.4 Å². The van der Waals surface area contributed by atoms with Gasteiger partial charge in [0.2, 0.25) is 4.86 Å². The van der Waals surface area contributed by atoms with Gasteiger partial charge in [0.1, 0.15) is 5.78 Å². The molecule has 0 saturated carbocycles. The monoisotopic (exact) mass is 193 g/mol. The van der Waals surface area contributed by atoms with Gasteiger partial charge in [-0.25, -0.2) is 0 Å². The molecular weight excluding hydrogens is 181 g/mol. The molecule has 0 heterocycles. The van der Waals surface area contributed by atoms with Crippen LogP contribution in [0.5, 0.6) is 0 Å². The van der Waals surface area contributed by atoms with Gasteiger partial charge in [-0.2, -0.15) is 0 Å². The summed E-state index contributed by atoms with van der Waals surface area (Å²) in [7, 11) is 2.03. The second-order valence-electron chi connectivity index (χ2n) is 2.06. The van der Waals surface area contributed by atoms with Crippen LogP contribution in [0.15, 0.2) is 0 Å². The third-order valence-corrected chi connectivity index (χ3v) is 2.48. The molecule has 0 aliphatic carbocycles. The van der Waals surface area contributed by atoms with Crippen LogP contribution >= 0.6 is 21.0 Å². The van der Waals surface area contributed by atoms with E-state index in [4.69, 9.17) is 5.73 Å². The van der Waals surface area contributed by atoms with Gasteiger partial charge in [0.15, 0.2) is 0 Å². The number of hydrogen-bond donors (Lipinski definition) is 1. The van der Waals surface area contributed by atoms with Crippen molar-refractivity contribution in [3.63, 3.8) is 0 Å². The molecule has 0 radical (unpaired) electrons. The summed E-state index contributed by atoms with van der Waals surface area (Å²) < 4.78 is 0. The minimum atomic E-state index is -0.491. The highest BCUT2D eigenvalue weighted by Crippen LogP contribution is 2.10. The Kier molecular flexibility index (Phi) is 5.74. The highest BCUT2D eigenvalue weighted by Gasteiger charge is 2.11. The molecule has 2 unspecified atom stereocenters. The van der Waals surface area contributed by atoms with Gasteiger partial charge in [0.25, 0.3) is 0 Å². The van der Waals surface area contributed by atoms with E-state index >= 15 is 0 Å². The Balaban J connectivity index is 3.60. The van der Waals surface area contributed by atoms with Crippen molar-refractivity contribution in [1.82, 2.24) is 0 Å². The molecule has 2 N–H and O–H groups in total. The number of carbonyl (C=O) groups excluding carboxylic acids is 2. The quantitative estimate of drug-likeness (QED) is 0.677. The molecule has 0 fully saturated rings. The summed E-state index contributed by atoms with van der Waals surface area (Å²) in [5.74, 6) is 0.387. The zero-order chi connectivity index (χ0) is 8.85. The lowest BCUT2D eigenvalue weighted by atomic mass is 10.2. The first kappa shape index (κ1) is 11.1. The Bertz CT molecular complexity index is 163. The van der Waals surface area contributed by atoms with Crippen LogP contribution < -0.4 is 5.73 Å². The van der Waals surface area contributed by atoms with E-state index in [1.807, 2.05) is 9.24 Å². The van der Waals surface area contributed by atoms with Gasteiger partial charge in [0.05, 0.1) is 6.04 Å². The minimum absolute atomic E-state index is 0.00347. The van der Waals surface area contributed by atoms with E-state index in [9.17, 15) is 9.59 Å². The number of rotatable bonds is 4. The lowest BCUT2D eigenvalue weighted by Crippen LogP contribution is -2.32. The maximum absolute atomic E-state index is 10.9. The van der Waals surface area contributed by atoms with Crippen LogP contribution in [0.1, 0.15) is 13.3 Å². The normalized spacial score (nSPS) is 12.6. The third kappa shape index (κ3) is 5.36. The summed E-state index contributed by atoms with van der Waals surface area (Å²) in [6, 6.07) is -0.491. The molecule has 5 heteroatoms. The van der Waals surface area contributed by atoms with Crippen molar-refractivity contribution in [3.05, 3.63) is 0 Å². The summed E-state index contributed by atoms with van der Waals surface area (Å²) in [6.07, 6.45) is 0.437. The van der Waals surface area contributed by atoms with Crippen LogP contribution in [-0.4, -0.2) is 22.4 Å². The van der Waals surface area contributed by atoms with Crippen molar-refractivity contribution in [1.29, 1.82) is 0 Å². The van der Waals surface area contributed by atoms with Gasteiger partial charge < -0.3 is 5.73 Å². The highest BCUT2D eigenvalue weighted by molar-refractivity contribution is 8.21. The molecule has 0 aliphatic heterocycles. The number of thioether (sulfide) groups is 1. The molecule has 2 atom stereocenters. The van der Waals surface area contributed by atoms with E-state index in [2.05, 4.69) is 0 Å². The van der Waals surface area contributed by atoms with Gasteiger partial charge >= 0.3 is 0 Å². The fourth-order valence-electron chi connectivity index (χ4n) is 0.527. The minimum Gasteiger partial charge on any atom is -0.321 e. The molecule has 0 bridgehead atoms. The Morgan fingerprint density at radius 1 is 1.64 bits per heavy atom. The van der Waals surface area contributed by atoms with Gasteiger partial charge in [-0.05, 0) is 0 Å². The summed E-state index contributed by atoms with van der Waals surface area (Å²) in [5, 5.41) is 0. The molecule has 0 aromatic carbocycles. The van der Waals surface area contributed by atoms with Crippen LogP contribution in [0.3, 0.4) is 0 Å². The predicted octanol–water partition coefficient (Wildman–Crippen LogP) is 1.02. The van der Waals surface area contributed by atoms with E-state index in [1.165, 1.54) is 0 Å². The molecule has 11 heavy (non-hydrogen) atoms. The fraction of sp³-hybridized carbons (Fsp3) is 0.667. The topological polar surface area (TPSA) is 60.2 Å². The van der Waals surface area contributed by atoms with Crippen LogP contribution in [0.4, 0.5) is 4.79 Å². The largest absolute Gasteiger partial charge is 0.321 e. The number of hydrogen-bond acceptors (Lipinski definition) is 4. The lowest BCUT2D eigenvalue weighted by Gasteiger charge is -2.05. The number of ketones is 1. The molecular formula is C6H12NO2PS. The molecule has 0 rings (SSSR count). The van der Waals surface area contributed by atoms with Crippen LogP contribution in [0.2, 0.25) is 0 Å². The number of nitrogens with two attached hydrogens (primary N) is 1. The molecule has 64 valence electrons. The molecule has 0 amide bonds. The average molecular weight is 193 g/mol. The Labute approximate surface area is 72.7 Å². The summed E-state index contributed by atoms with van der Waals surface area (Å²) in [5.41, 5.74) is 5.44. The molecule has 0 spiro atoms. The van der Waals surface area contributed by atoms with Crippen LogP contribution in [0.25, 0.3) is 0 Å². The SMILES string of the molecule is CCC(=O)C(N)CSC(=O)P. The second kappa shape index (κ2) is 5.70. The van der Waals surface area contributed by atoms with Crippen LogP contribution in [-0.2, 0) is 4.79 Å². The Hall–Kier alpha value is 0.0800. The number of Topliss-reactive ketones (excluding diaryl/α,β-unsaturated/α-hetero) is 1. The summed E-state index contributed by atoms with van der Waals surface area (Å²) in [6.45, 7) is 1.76. The van der Waals surface area contributed by atoms with E-state index in [0.717, 1.165) is 11.8 Å². The molecule has 3 nitrogen and oxygen atoms in total. The van der Waals surface area contributed by atoms with Gasteiger partial charge in [-0.1, -0.05) is 27.9 Å². The first-order valence-electron chi connectivity index (χ1n) is 3.28. The van der Waals surface area contributed by atoms with Gasteiger partial charge in [0, 0.05) is 12.2 Å². The fourth-order valence-corrected chi connectivity index (χ4v) is 1.35. The van der Waals surface area contributed by atoms with E-state index in [1.54, 1.807) is 6.92 Å². The predicted molar refractivity (Wildman–Crippen MR) is 50.8 cm³/mol. The Morgan fingerprint density at radius 2 is 2.18 bits per heavy atom. The van der Waals surface area contributed by atoms with E-state index in [0.29, 0.717) is 12.2 Å². The molecule has 0 aromatic rings. The molecule has 0 saturated heterocycles. The van der Waals surface area contributed by atoms with E-state index < -0.39 is 6.04 Å². The van der Waals surface area contributed by atoms with Crippen molar-refractivity contribution in [3.8, 4) is 0 Å². The first-order chi connectivity index (χ1) is 5.07. The van der Waals surface area contributed by atoms with Crippen molar-refractivity contribution >= 4 is 31.6 Å². The maximum Gasteiger partial charge on any atom is 0.203 e. The zero-order valence-electron chi connectivity index (χ0n) is 6.37. The zero-order valence-corrected chi connectivity index (χ0v) is 8.34. The molecule has 0 aromatic heterocycles. The van der Waals surface area contributed by atoms with Crippen molar-refractivity contribution in [2.24, 2.45) is 5.73 Å². The van der Waals surface area contributed by atoms with Gasteiger partial charge in [-0.15, -0.1) is 0 Å². The Morgan fingerprint density at radius 3 is 2.55 bits per heavy atom. The first-order valence-corrected chi connectivity index (χ1v) is 4.84. The standard InChI is InChI=1S/C6H12NO2PS/c1-2-5(8)4(7)3-11-6(9)10/h4H,2-3,7,10H2,1H3. The highest BCUT2D eigenvalue weighted by atomic mass is 32.2. The summed E-state index contributed by atoms with van der Waals surface area (Å²) >= 11 is 1.06. The molecule has 0 aliphatic rings. The summed E-state index contributed by atoms with van der Waals surface area (Å²) in [4.78, 5) is 21.2. The van der Waals surface area contributed by atoms with Gasteiger partial charge in [-0.3, -0.25) is 9.59 Å². The third-order valence-electron chi connectivity index (χ3n) is 1.17. The van der Waals surface area contributed by atoms with Crippen LogP contribution in [0, 0.1) is 0 Å². The maximum atomic E-state index is 10.9. The van der Waals surface area contributed by atoms with Crippen molar-refractivity contribution < 1.29 is 9.59 Å². The second-order valence-corrected chi connectivity index (χ2v) is 4.02. The lowest BCUT2D eigenvalue weighted by molar-refractivity contribution is -0.119. The van der Waals surface area contributed by atoms with E-state index in [-0.39, 0.29) is 10.6 Å². The van der Waals surface area contributed by atoms with Crippen molar-refractivity contribution in [2.75, 3.05) is 5.75 Å². The number of carbonyl (C=O) groups is 2. The smallest absolute Gasteiger partial charge is 0.203 e. The average Bonchev–Trinajstić information content (AvgIpc) is 1.98.